The summed E-state index contributed by atoms with van der Waals surface area (Å²) in [5, 5.41) is 1.38. The maximum Gasteiger partial charge on any atom is 0.140 e. The van der Waals surface area contributed by atoms with Crippen LogP contribution < -0.4 is 0 Å². The van der Waals surface area contributed by atoms with Crippen LogP contribution in [0, 0.1) is 6.92 Å². The van der Waals surface area contributed by atoms with Gasteiger partial charge in [0, 0.05) is 49.4 Å². The average Bonchev–Trinajstić information content (AvgIpc) is 2.54. The summed E-state index contributed by atoms with van der Waals surface area (Å²) < 4.78 is 2.34. The van der Waals surface area contributed by atoms with Crippen molar-refractivity contribution in [2.24, 2.45) is 7.05 Å². The van der Waals surface area contributed by atoms with Gasteiger partial charge in [-0.3, -0.25) is 4.90 Å². The predicted molar refractivity (Wildman–Crippen MR) is 82.1 cm³/mol. The molecule has 0 atom stereocenters. The Morgan fingerprint density at radius 1 is 1.15 bits per heavy atom. The molecule has 4 rings (SSSR count). The van der Waals surface area contributed by atoms with Crippen molar-refractivity contribution in [3.05, 3.63) is 29.1 Å². The number of fused-ring (bicyclic) bond motifs is 3. The molecule has 0 saturated heterocycles. The van der Waals surface area contributed by atoms with Crippen molar-refractivity contribution in [1.29, 1.82) is 0 Å². The lowest BCUT2D eigenvalue weighted by atomic mass is 9.91. The Kier molecular flexibility index (Phi) is 2.84. The van der Waals surface area contributed by atoms with Crippen LogP contribution in [0.2, 0.25) is 0 Å². The summed E-state index contributed by atoms with van der Waals surface area (Å²) in [7, 11) is 2.19. The van der Waals surface area contributed by atoms with Crippen LogP contribution in [0.15, 0.2) is 12.1 Å². The normalized spacial score (nSPS) is 20.7. The van der Waals surface area contributed by atoms with Gasteiger partial charge in [0.25, 0.3) is 0 Å². The highest BCUT2D eigenvalue weighted by Crippen LogP contribution is 2.31. The van der Waals surface area contributed by atoms with Gasteiger partial charge in [-0.25, -0.2) is 4.98 Å². The first-order chi connectivity index (χ1) is 9.74. The molecule has 0 radical (unpaired) electrons. The first-order valence-corrected chi connectivity index (χ1v) is 7.92. The SMILES string of the molecule is Cc1ccc2c3c(n(C)c2n1)CCN(C1CCC1)CC3. The van der Waals surface area contributed by atoms with Crippen molar-refractivity contribution in [2.45, 2.75) is 45.1 Å². The lowest BCUT2D eigenvalue weighted by Crippen LogP contribution is -2.41. The van der Waals surface area contributed by atoms with Crippen molar-refractivity contribution < 1.29 is 0 Å². The van der Waals surface area contributed by atoms with Crippen LogP contribution in [0.1, 0.15) is 36.2 Å². The van der Waals surface area contributed by atoms with Crippen LogP contribution in [0.5, 0.6) is 0 Å². The molecular weight excluding hydrogens is 246 g/mol. The number of nitrogens with zero attached hydrogens (tertiary/aromatic N) is 3. The number of hydrogen-bond donors (Lipinski definition) is 0. The summed E-state index contributed by atoms with van der Waals surface area (Å²) in [6.07, 6.45) is 6.63. The second-order valence-electron chi connectivity index (χ2n) is 6.43. The maximum atomic E-state index is 4.74. The van der Waals surface area contributed by atoms with Crippen LogP contribution in [0.3, 0.4) is 0 Å². The van der Waals surface area contributed by atoms with Crippen LogP contribution in [0.25, 0.3) is 11.0 Å². The third-order valence-corrected chi connectivity index (χ3v) is 5.29. The fourth-order valence-corrected chi connectivity index (χ4v) is 3.85. The van der Waals surface area contributed by atoms with Gasteiger partial charge in [-0.15, -0.1) is 0 Å². The molecule has 1 saturated carbocycles. The zero-order chi connectivity index (χ0) is 13.7. The topological polar surface area (TPSA) is 21.1 Å². The zero-order valence-corrected chi connectivity index (χ0v) is 12.5. The molecule has 3 nitrogen and oxygen atoms in total. The van der Waals surface area contributed by atoms with E-state index >= 15 is 0 Å². The minimum absolute atomic E-state index is 0.871. The molecule has 0 spiro atoms. The molecule has 1 aliphatic carbocycles. The van der Waals surface area contributed by atoms with Crippen LogP contribution >= 0.6 is 0 Å². The summed E-state index contributed by atoms with van der Waals surface area (Å²) in [6, 6.07) is 5.29. The van der Waals surface area contributed by atoms with E-state index in [0.717, 1.165) is 11.7 Å². The van der Waals surface area contributed by atoms with Gasteiger partial charge in [0.2, 0.25) is 0 Å². The second kappa shape index (κ2) is 4.59. The highest BCUT2D eigenvalue weighted by Gasteiger charge is 2.28. The largest absolute Gasteiger partial charge is 0.332 e. The molecular formula is C17H23N3. The molecule has 3 heterocycles. The van der Waals surface area contributed by atoms with Crippen LogP contribution in [0.4, 0.5) is 0 Å². The number of rotatable bonds is 1. The summed E-state index contributed by atoms with van der Waals surface area (Å²) in [6.45, 7) is 4.53. The van der Waals surface area contributed by atoms with E-state index in [1.807, 2.05) is 0 Å². The lowest BCUT2D eigenvalue weighted by Gasteiger charge is -2.36. The minimum atomic E-state index is 0.871. The van der Waals surface area contributed by atoms with E-state index < -0.39 is 0 Å². The molecule has 106 valence electrons. The summed E-state index contributed by atoms with van der Waals surface area (Å²) in [5.74, 6) is 0. The molecule has 0 bridgehead atoms. The van der Waals surface area contributed by atoms with Gasteiger partial charge in [0.15, 0.2) is 0 Å². The van der Waals surface area contributed by atoms with E-state index in [4.69, 9.17) is 4.98 Å². The fraction of sp³-hybridized carbons (Fsp3) is 0.588. The Morgan fingerprint density at radius 3 is 2.70 bits per heavy atom. The summed E-state index contributed by atoms with van der Waals surface area (Å²) in [5.41, 5.74) is 5.35. The number of aryl methyl sites for hydroxylation is 2. The van der Waals surface area contributed by atoms with Crippen LogP contribution in [-0.4, -0.2) is 33.6 Å². The quantitative estimate of drug-likeness (QED) is 0.794. The Morgan fingerprint density at radius 2 is 1.95 bits per heavy atom. The number of aromatic nitrogens is 2. The van der Waals surface area contributed by atoms with Gasteiger partial charge in [0.05, 0.1) is 0 Å². The first kappa shape index (κ1) is 12.4. The van der Waals surface area contributed by atoms with E-state index in [1.54, 1.807) is 5.56 Å². The molecule has 2 aromatic rings. The van der Waals surface area contributed by atoms with Crippen molar-refractivity contribution >= 4 is 11.0 Å². The smallest absolute Gasteiger partial charge is 0.140 e. The van der Waals surface area contributed by atoms with E-state index in [1.165, 1.54) is 61.9 Å². The monoisotopic (exact) mass is 269 g/mol. The summed E-state index contributed by atoms with van der Waals surface area (Å²) >= 11 is 0. The van der Waals surface area contributed by atoms with Crippen molar-refractivity contribution in [2.75, 3.05) is 13.1 Å². The Hall–Kier alpha value is -1.35. The third-order valence-electron chi connectivity index (χ3n) is 5.29. The van der Waals surface area contributed by atoms with E-state index in [9.17, 15) is 0 Å². The van der Waals surface area contributed by atoms with Crippen molar-refractivity contribution in [3.8, 4) is 0 Å². The molecule has 0 N–H and O–H groups in total. The molecule has 20 heavy (non-hydrogen) atoms. The summed E-state index contributed by atoms with van der Waals surface area (Å²) in [4.78, 5) is 7.46. The van der Waals surface area contributed by atoms with E-state index in [-0.39, 0.29) is 0 Å². The average molecular weight is 269 g/mol. The van der Waals surface area contributed by atoms with Crippen LogP contribution in [-0.2, 0) is 19.9 Å². The van der Waals surface area contributed by atoms with E-state index in [2.05, 4.69) is 35.6 Å². The van der Waals surface area contributed by atoms with Gasteiger partial charge in [-0.05, 0) is 43.9 Å². The van der Waals surface area contributed by atoms with Gasteiger partial charge >= 0.3 is 0 Å². The number of hydrogen-bond acceptors (Lipinski definition) is 2. The van der Waals surface area contributed by atoms with Gasteiger partial charge in [0.1, 0.15) is 5.65 Å². The Bertz CT molecular complexity index is 652. The minimum Gasteiger partial charge on any atom is -0.332 e. The van der Waals surface area contributed by atoms with E-state index in [0.29, 0.717) is 0 Å². The molecule has 1 aliphatic heterocycles. The molecule has 2 aromatic heterocycles. The highest BCUT2D eigenvalue weighted by atomic mass is 15.2. The predicted octanol–water partition coefficient (Wildman–Crippen LogP) is 2.83. The molecule has 0 unspecified atom stereocenters. The molecule has 3 heteroatoms. The molecule has 0 aromatic carbocycles. The van der Waals surface area contributed by atoms with Crippen molar-refractivity contribution in [3.63, 3.8) is 0 Å². The zero-order valence-electron chi connectivity index (χ0n) is 12.5. The molecule has 0 amide bonds. The number of pyridine rings is 1. The van der Waals surface area contributed by atoms with Gasteiger partial charge < -0.3 is 4.57 Å². The second-order valence-corrected chi connectivity index (χ2v) is 6.43. The Balaban J connectivity index is 1.72. The standard InChI is InChI=1S/C17H23N3/c1-12-6-7-15-14-8-10-20(13-4-3-5-13)11-9-16(14)19(2)17(15)18-12/h6-7,13H,3-5,8-11H2,1-2H3. The van der Waals surface area contributed by atoms with Gasteiger partial charge in [-0.2, -0.15) is 0 Å². The maximum absolute atomic E-state index is 4.74. The first-order valence-electron chi connectivity index (χ1n) is 7.92. The molecule has 2 aliphatic rings. The van der Waals surface area contributed by atoms with Crippen molar-refractivity contribution in [1.82, 2.24) is 14.5 Å². The lowest BCUT2D eigenvalue weighted by molar-refractivity contribution is 0.133. The fourth-order valence-electron chi connectivity index (χ4n) is 3.85. The molecule has 1 fully saturated rings. The Labute approximate surface area is 120 Å². The highest BCUT2D eigenvalue weighted by molar-refractivity contribution is 5.82. The third kappa shape index (κ3) is 1.80. The van der Waals surface area contributed by atoms with Gasteiger partial charge in [-0.1, -0.05) is 6.42 Å².